The lowest BCUT2D eigenvalue weighted by Gasteiger charge is -2.35. The van der Waals surface area contributed by atoms with Crippen LogP contribution in [0.25, 0.3) is 10.9 Å². The lowest BCUT2D eigenvalue weighted by atomic mass is 9.93. The SMILES string of the molecule is C[C@@H]1CN(c2cc(C(=O)Nc3ccc(NS(=O)(=O)[C@H](C)CO)cc3N3CCC4(CC3)CC4)cc3ccn(C)c23)CCO1. The summed E-state index contributed by atoms with van der Waals surface area (Å²) in [4.78, 5) is 18.4. The van der Waals surface area contributed by atoms with E-state index in [1.54, 1.807) is 18.2 Å². The smallest absolute Gasteiger partial charge is 0.255 e. The van der Waals surface area contributed by atoms with Gasteiger partial charge in [-0.3, -0.25) is 9.52 Å². The van der Waals surface area contributed by atoms with E-state index in [0.717, 1.165) is 61.3 Å². The third kappa shape index (κ3) is 5.69. The number of fused-ring (bicyclic) bond motifs is 1. The van der Waals surface area contributed by atoms with Crippen LogP contribution in [0.4, 0.5) is 22.7 Å². The Morgan fingerprint density at radius 2 is 1.83 bits per heavy atom. The average Bonchev–Trinajstić information content (AvgIpc) is 3.63. The van der Waals surface area contributed by atoms with E-state index in [0.29, 0.717) is 29.0 Å². The van der Waals surface area contributed by atoms with Crippen molar-refractivity contribution in [1.82, 2.24) is 4.57 Å². The summed E-state index contributed by atoms with van der Waals surface area (Å²) in [6.07, 6.45) is 6.83. The maximum atomic E-state index is 13.8. The lowest BCUT2D eigenvalue weighted by Crippen LogP contribution is -2.41. The summed E-state index contributed by atoms with van der Waals surface area (Å²) in [5, 5.41) is 12.6. The quantitative estimate of drug-likeness (QED) is 0.358. The van der Waals surface area contributed by atoms with Gasteiger partial charge in [0.05, 0.1) is 47.6 Å². The zero-order valence-electron chi connectivity index (χ0n) is 24.6. The number of sulfonamides is 1. The number of amides is 1. The second kappa shape index (κ2) is 11.1. The van der Waals surface area contributed by atoms with Crippen molar-refractivity contribution in [2.24, 2.45) is 12.5 Å². The minimum Gasteiger partial charge on any atom is -0.395 e. The van der Waals surface area contributed by atoms with E-state index >= 15 is 0 Å². The summed E-state index contributed by atoms with van der Waals surface area (Å²) in [5.41, 5.74) is 4.95. The van der Waals surface area contributed by atoms with Crippen LogP contribution >= 0.6 is 0 Å². The lowest BCUT2D eigenvalue weighted by molar-refractivity contribution is 0.0533. The number of hydrogen-bond acceptors (Lipinski definition) is 7. The molecule has 0 bridgehead atoms. The summed E-state index contributed by atoms with van der Waals surface area (Å²) >= 11 is 0. The highest BCUT2D eigenvalue weighted by atomic mass is 32.2. The molecule has 1 amide bonds. The molecule has 11 heteroatoms. The zero-order chi connectivity index (χ0) is 29.6. The highest BCUT2D eigenvalue weighted by Gasteiger charge is 2.44. The van der Waals surface area contributed by atoms with Gasteiger partial charge in [0.15, 0.2) is 0 Å². The van der Waals surface area contributed by atoms with Crippen LogP contribution in [0.1, 0.15) is 49.9 Å². The van der Waals surface area contributed by atoms with Crippen LogP contribution in [-0.4, -0.2) is 74.7 Å². The fourth-order valence-electron chi connectivity index (χ4n) is 6.25. The minimum absolute atomic E-state index is 0.102. The molecule has 3 fully saturated rings. The summed E-state index contributed by atoms with van der Waals surface area (Å²) in [6.45, 7) is 6.89. The van der Waals surface area contributed by atoms with Crippen LogP contribution in [-0.2, 0) is 21.8 Å². The third-order valence-electron chi connectivity index (χ3n) is 9.21. The predicted molar refractivity (Wildman–Crippen MR) is 167 cm³/mol. The number of carbonyl (C=O) groups is 1. The van der Waals surface area contributed by atoms with Crippen molar-refractivity contribution in [3.05, 3.63) is 48.2 Å². The first kappa shape index (κ1) is 28.8. The largest absolute Gasteiger partial charge is 0.395 e. The number of ether oxygens (including phenoxy) is 1. The predicted octanol–water partition coefficient (Wildman–Crippen LogP) is 4.16. The van der Waals surface area contributed by atoms with Crippen molar-refractivity contribution in [1.29, 1.82) is 0 Å². The maximum absolute atomic E-state index is 13.8. The second-order valence-electron chi connectivity index (χ2n) is 12.3. The van der Waals surface area contributed by atoms with Gasteiger partial charge >= 0.3 is 0 Å². The fourth-order valence-corrected chi connectivity index (χ4v) is 7.10. The summed E-state index contributed by atoms with van der Waals surface area (Å²) in [5.74, 6) is -0.220. The first-order chi connectivity index (χ1) is 20.1. The molecule has 0 radical (unpaired) electrons. The van der Waals surface area contributed by atoms with Crippen LogP contribution in [0.2, 0.25) is 0 Å². The molecule has 6 rings (SSSR count). The number of anilines is 4. The van der Waals surface area contributed by atoms with Gasteiger partial charge in [-0.2, -0.15) is 0 Å². The molecule has 2 atom stereocenters. The Morgan fingerprint density at radius 3 is 2.52 bits per heavy atom. The Morgan fingerprint density at radius 1 is 1.07 bits per heavy atom. The van der Waals surface area contributed by atoms with Crippen molar-refractivity contribution in [2.75, 3.05) is 59.2 Å². The molecule has 1 aliphatic carbocycles. The molecule has 3 aromatic rings. The monoisotopic (exact) mass is 595 g/mol. The molecule has 1 saturated carbocycles. The van der Waals surface area contributed by atoms with Crippen molar-refractivity contribution in [3.63, 3.8) is 0 Å². The number of morpholine rings is 1. The number of aromatic nitrogens is 1. The van der Waals surface area contributed by atoms with E-state index in [9.17, 15) is 18.3 Å². The number of hydrogen-bond donors (Lipinski definition) is 3. The Bertz CT molecular complexity index is 1590. The Kier molecular flexibility index (Phi) is 7.61. The van der Waals surface area contributed by atoms with Crippen molar-refractivity contribution >= 4 is 49.6 Å². The van der Waals surface area contributed by atoms with Gasteiger partial charge in [0, 0.05) is 50.4 Å². The Labute approximate surface area is 247 Å². The number of carbonyl (C=O) groups excluding carboxylic acids is 1. The van der Waals surface area contributed by atoms with E-state index in [-0.39, 0.29) is 12.0 Å². The van der Waals surface area contributed by atoms with Crippen LogP contribution in [0.5, 0.6) is 0 Å². The number of nitrogens with one attached hydrogen (secondary N) is 2. The molecule has 3 heterocycles. The third-order valence-corrected chi connectivity index (χ3v) is 10.9. The van der Waals surface area contributed by atoms with E-state index in [1.807, 2.05) is 31.4 Å². The van der Waals surface area contributed by atoms with Gasteiger partial charge in [-0.05, 0) is 81.3 Å². The van der Waals surface area contributed by atoms with Gasteiger partial charge in [-0.15, -0.1) is 0 Å². The van der Waals surface area contributed by atoms with Crippen LogP contribution in [0.3, 0.4) is 0 Å². The first-order valence-corrected chi connectivity index (χ1v) is 16.4. The summed E-state index contributed by atoms with van der Waals surface area (Å²) in [7, 11) is -1.74. The average molecular weight is 596 g/mol. The van der Waals surface area contributed by atoms with Crippen molar-refractivity contribution in [3.8, 4) is 0 Å². The number of piperidine rings is 1. The van der Waals surface area contributed by atoms with Crippen LogP contribution in [0, 0.1) is 5.41 Å². The van der Waals surface area contributed by atoms with Crippen molar-refractivity contribution in [2.45, 2.75) is 50.9 Å². The van der Waals surface area contributed by atoms with E-state index in [2.05, 4.69) is 31.3 Å². The molecule has 1 spiro atoms. The van der Waals surface area contributed by atoms with Crippen LogP contribution < -0.4 is 19.8 Å². The molecule has 42 heavy (non-hydrogen) atoms. The number of aliphatic hydroxyl groups excluding tert-OH is 1. The molecule has 2 saturated heterocycles. The molecule has 3 aliphatic rings. The van der Waals surface area contributed by atoms with E-state index in [4.69, 9.17) is 4.74 Å². The summed E-state index contributed by atoms with van der Waals surface area (Å²) < 4.78 is 35.8. The molecule has 0 unspecified atom stereocenters. The van der Waals surface area contributed by atoms with Gasteiger partial charge in [-0.1, -0.05) is 0 Å². The van der Waals surface area contributed by atoms with E-state index < -0.39 is 21.9 Å². The number of aliphatic hydroxyl groups is 1. The van der Waals surface area contributed by atoms with E-state index in [1.165, 1.54) is 19.8 Å². The summed E-state index contributed by atoms with van der Waals surface area (Å²) in [6, 6.07) is 11.1. The molecule has 10 nitrogen and oxygen atoms in total. The topological polar surface area (TPSA) is 116 Å². The number of rotatable bonds is 8. The molecule has 3 N–H and O–H groups in total. The maximum Gasteiger partial charge on any atom is 0.255 e. The normalized spacial score (nSPS) is 21.0. The number of nitrogens with zero attached hydrogens (tertiary/aromatic N) is 3. The second-order valence-corrected chi connectivity index (χ2v) is 14.4. The van der Waals surface area contributed by atoms with Gasteiger partial charge < -0.3 is 29.5 Å². The van der Waals surface area contributed by atoms with Crippen LogP contribution in [0.15, 0.2) is 42.6 Å². The van der Waals surface area contributed by atoms with Crippen molar-refractivity contribution < 1.29 is 23.1 Å². The molecular formula is C31H41N5O5S. The fraction of sp³-hybridized carbons (Fsp3) is 0.516. The Balaban J connectivity index is 1.32. The first-order valence-electron chi connectivity index (χ1n) is 14.9. The van der Waals surface area contributed by atoms with Gasteiger partial charge in [0.1, 0.15) is 5.25 Å². The molecule has 2 aliphatic heterocycles. The Hall–Kier alpha value is -3.28. The molecular weight excluding hydrogens is 554 g/mol. The molecule has 1 aromatic heterocycles. The standard InChI is InChI=1S/C31H41N5O5S/c1-21-19-36(14-15-41-21)28-17-24(16-23-6-11-34(3)29(23)28)30(38)32-26-5-4-25(33-42(39,40)22(2)20-37)18-27(26)35-12-9-31(7-8-31)10-13-35/h4-6,11,16-18,21-22,33,37H,7-10,12-15,19-20H2,1-3H3,(H,32,38)/t21-,22-/m1/s1. The highest BCUT2D eigenvalue weighted by Crippen LogP contribution is 2.54. The minimum atomic E-state index is -3.76. The van der Waals surface area contributed by atoms with Gasteiger partial charge in [0.25, 0.3) is 5.91 Å². The van der Waals surface area contributed by atoms with Gasteiger partial charge in [0.2, 0.25) is 10.0 Å². The molecule has 2 aromatic carbocycles. The number of aryl methyl sites for hydroxylation is 1. The highest BCUT2D eigenvalue weighted by molar-refractivity contribution is 7.93. The van der Waals surface area contributed by atoms with Gasteiger partial charge in [-0.25, -0.2) is 8.42 Å². The zero-order valence-corrected chi connectivity index (χ0v) is 25.4. The molecule has 226 valence electrons. The number of benzene rings is 2.